The normalized spacial score (nSPS) is 13.0. The summed E-state index contributed by atoms with van der Waals surface area (Å²) in [4.78, 5) is 0. The summed E-state index contributed by atoms with van der Waals surface area (Å²) in [6.07, 6.45) is 5.36. The van der Waals surface area contributed by atoms with Gasteiger partial charge in [-0.25, -0.2) is 0 Å². The summed E-state index contributed by atoms with van der Waals surface area (Å²) >= 11 is 7.26. The smallest absolute Gasteiger partial charge is 0.0175 e. The van der Waals surface area contributed by atoms with E-state index in [1.54, 1.807) is 0 Å². The van der Waals surface area contributed by atoms with Crippen molar-refractivity contribution < 1.29 is 0 Å². The van der Waals surface area contributed by atoms with E-state index in [1.165, 1.54) is 71.3 Å². The van der Waals surface area contributed by atoms with Gasteiger partial charge in [-0.15, -0.1) is 0 Å². The van der Waals surface area contributed by atoms with Crippen molar-refractivity contribution in [3.63, 3.8) is 0 Å². The Morgan fingerprint density at radius 3 is 1.59 bits per heavy atom. The first-order valence-corrected chi connectivity index (χ1v) is 14.0. The summed E-state index contributed by atoms with van der Waals surface area (Å²) in [7, 11) is 0. The van der Waals surface area contributed by atoms with E-state index in [9.17, 15) is 0 Å². The van der Waals surface area contributed by atoms with Crippen LogP contribution in [0.5, 0.6) is 0 Å². The zero-order valence-electron chi connectivity index (χ0n) is 20.1. The molecule has 0 saturated heterocycles. The molecule has 2 heteroatoms. The molecule has 0 saturated carbocycles. The van der Waals surface area contributed by atoms with Gasteiger partial charge in [-0.2, -0.15) is 0 Å². The molecule has 0 radical (unpaired) electrons. The highest BCUT2D eigenvalue weighted by Crippen LogP contribution is 2.47. The third-order valence-electron chi connectivity index (χ3n) is 7.46. The minimum atomic E-state index is 0.893. The molecule has 37 heavy (non-hydrogen) atoms. The largest absolute Gasteiger partial charge is 0.0949 e. The van der Waals surface area contributed by atoms with Gasteiger partial charge in [0.05, 0.1) is 0 Å². The Kier molecular flexibility index (Phi) is 5.42. The molecule has 0 nitrogen and oxygen atoms in total. The minimum Gasteiger partial charge on any atom is -0.0949 e. The van der Waals surface area contributed by atoms with Crippen LogP contribution in [0.2, 0.25) is 0 Å². The zero-order chi connectivity index (χ0) is 25.1. The highest BCUT2D eigenvalue weighted by atomic mass is 79.9. The van der Waals surface area contributed by atoms with E-state index >= 15 is 0 Å². The van der Waals surface area contributed by atoms with Crippen molar-refractivity contribution in [2.45, 2.75) is 6.42 Å². The number of hydrogen-bond donors (Lipinski definition) is 0. The van der Waals surface area contributed by atoms with Gasteiger partial charge in [-0.1, -0.05) is 99.1 Å². The molecule has 0 heterocycles. The summed E-state index contributed by atoms with van der Waals surface area (Å²) in [5.74, 6) is 0. The lowest BCUT2D eigenvalue weighted by Crippen LogP contribution is -1.97. The van der Waals surface area contributed by atoms with E-state index in [0.29, 0.717) is 0 Å². The van der Waals surface area contributed by atoms with Gasteiger partial charge in [0.2, 0.25) is 0 Å². The first-order chi connectivity index (χ1) is 18.1. The molecule has 0 atom stereocenters. The third-order valence-corrected chi connectivity index (χ3v) is 8.52. The van der Waals surface area contributed by atoms with Crippen molar-refractivity contribution in [2.75, 3.05) is 0 Å². The fraction of sp³-hybridized carbons (Fsp3) is 0.0286. The number of benzene rings is 6. The molecule has 0 aliphatic heterocycles. The van der Waals surface area contributed by atoms with Crippen molar-refractivity contribution in [1.82, 2.24) is 0 Å². The summed E-state index contributed by atoms with van der Waals surface area (Å²) in [5.41, 5.74) is 8.64. The predicted molar refractivity (Wildman–Crippen MR) is 168 cm³/mol. The van der Waals surface area contributed by atoms with Crippen LogP contribution in [0.25, 0.3) is 66.2 Å². The lowest BCUT2D eigenvalue weighted by molar-refractivity contribution is 1.38. The highest BCUT2D eigenvalue weighted by molar-refractivity contribution is 9.10. The first-order valence-electron chi connectivity index (χ1n) is 12.4. The van der Waals surface area contributed by atoms with Crippen LogP contribution in [0.4, 0.5) is 0 Å². The fourth-order valence-corrected chi connectivity index (χ4v) is 6.24. The Labute approximate surface area is 233 Å². The maximum absolute atomic E-state index is 4.41. The maximum Gasteiger partial charge on any atom is 0.0175 e. The van der Waals surface area contributed by atoms with Crippen LogP contribution < -0.4 is 0 Å². The first kappa shape index (κ1) is 22.7. The molecule has 0 aromatic heterocycles. The van der Waals surface area contributed by atoms with Crippen LogP contribution in [0.15, 0.2) is 119 Å². The van der Waals surface area contributed by atoms with E-state index < -0.39 is 0 Å². The van der Waals surface area contributed by atoms with E-state index in [0.717, 1.165) is 15.4 Å². The van der Waals surface area contributed by atoms with Gasteiger partial charge in [0.15, 0.2) is 0 Å². The van der Waals surface area contributed by atoms with Crippen molar-refractivity contribution in [2.24, 2.45) is 0 Å². The maximum atomic E-state index is 4.41. The molecule has 0 amide bonds. The van der Waals surface area contributed by atoms with Gasteiger partial charge in [0.1, 0.15) is 0 Å². The summed E-state index contributed by atoms with van der Waals surface area (Å²) < 4.78 is 2.16. The topological polar surface area (TPSA) is 0 Å². The van der Waals surface area contributed by atoms with Crippen molar-refractivity contribution in [3.8, 4) is 22.3 Å². The molecule has 7 rings (SSSR count). The number of halogens is 2. The molecular formula is C35H22Br2. The van der Waals surface area contributed by atoms with E-state index in [1.807, 2.05) is 0 Å². The van der Waals surface area contributed by atoms with E-state index in [-0.39, 0.29) is 0 Å². The predicted octanol–water partition coefficient (Wildman–Crippen LogP) is 11.4. The van der Waals surface area contributed by atoms with Crippen LogP contribution >= 0.6 is 31.9 Å². The minimum absolute atomic E-state index is 0.893. The molecule has 176 valence electrons. The SMILES string of the molecule is C=C1CC=Cc2cc3c(-c4ccc(Br)cc4)c4cc5ccccc5cc4c(-c4ccc(Br)cc4)c3cc21. The van der Waals surface area contributed by atoms with Crippen molar-refractivity contribution in [1.29, 1.82) is 0 Å². The molecule has 0 N–H and O–H groups in total. The Bertz CT molecular complexity index is 1910. The summed E-state index contributed by atoms with van der Waals surface area (Å²) in [6.45, 7) is 4.41. The summed E-state index contributed by atoms with van der Waals surface area (Å²) in [6, 6.07) is 35.6. The standard InChI is InChI=1S/C35H22Br2/c1-21-5-4-8-26-19-32-33(20-29(21)26)35(23-11-15-28(37)16-12-23)31-18-25-7-3-2-6-24(25)17-30(31)34(32)22-9-13-27(36)14-10-22/h2-4,6-20H,1,5H2. The van der Waals surface area contributed by atoms with Gasteiger partial charge >= 0.3 is 0 Å². The average molecular weight is 602 g/mol. The van der Waals surface area contributed by atoms with E-state index in [4.69, 9.17) is 0 Å². The number of allylic oxidation sites excluding steroid dienone is 2. The van der Waals surface area contributed by atoms with Crippen molar-refractivity contribution in [3.05, 3.63) is 130 Å². The van der Waals surface area contributed by atoms with Crippen molar-refractivity contribution >= 4 is 75.8 Å². The van der Waals surface area contributed by atoms with Gasteiger partial charge in [-0.05, 0) is 126 Å². The Morgan fingerprint density at radius 2 is 1.05 bits per heavy atom. The van der Waals surface area contributed by atoms with Gasteiger partial charge in [0, 0.05) is 8.95 Å². The van der Waals surface area contributed by atoms with Crippen LogP contribution in [-0.2, 0) is 0 Å². The third kappa shape index (κ3) is 3.79. The van der Waals surface area contributed by atoms with Crippen LogP contribution in [-0.4, -0.2) is 0 Å². The molecule has 0 unspecified atom stereocenters. The Balaban J connectivity index is 1.74. The number of hydrogen-bond acceptors (Lipinski definition) is 0. The fourth-order valence-electron chi connectivity index (χ4n) is 5.71. The number of rotatable bonds is 2. The molecule has 6 aromatic carbocycles. The molecule has 0 bridgehead atoms. The zero-order valence-corrected chi connectivity index (χ0v) is 23.2. The summed E-state index contributed by atoms with van der Waals surface area (Å²) in [5, 5.41) is 7.56. The second kappa shape index (κ2) is 8.83. The Morgan fingerprint density at radius 1 is 0.568 bits per heavy atom. The highest BCUT2D eigenvalue weighted by Gasteiger charge is 2.20. The molecule has 0 fully saturated rings. The van der Waals surface area contributed by atoms with Gasteiger partial charge in [-0.3, -0.25) is 0 Å². The van der Waals surface area contributed by atoms with Crippen LogP contribution in [0.3, 0.4) is 0 Å². The van der Waals surface area contributed by atoms with Gasteiger partial charge < -0.3 is 0 Å². The lowest BCUT2D eigenvalue weighted by atomic mass is 9.81. The quantitative estimate of drug-likeness (QED) is 0.173. The van der Waals surface area contributed by atoms with Crippen LogP contribution in [0.1, 0.15) is 17.5 Å². The molecule has 1 aliphatic rings. The second-order valence-corrected chi connectivity index (χ2v) is 11.5. The average Bonchev–Trinajstić information content (AvgIpc) is 2.91. The van der Waals surface area contributed by atoms with Crippen LogP contribution in [0, 0.1) is 0 Å². The Hall–Kier alpha value is -3.46. The van der Waals surface area contributed by atoms with Gasteiger partial charge in [0.25, 0.3) is 0 Å². The molecule has 0 spiro atoms. The monoisotopic (exact) mass is 600 g/mol. The lowest BCUT2D eigenvalue weighted by Gasteiger charge is -2.22. The molecular weight excluding hydrogens is 580 g/mol. The molecule has 6 aromatic rings. The second-order valence-electron chi connectivity index (χ2n) is 9.70. The van der Waals surface area contributed by atoms with E-state index in [2.05, 4.69) is 148 Å². The number of fused-ring (bicyclic) bond motifs is 4. The molecule has 1 aliphatic carbocycles.